The molecule has 0 spiro atoms. The number of amides is 1. The Hall–Kier alpha value is -3.48. The second-order valence-corrected chi connectivity index (χ2v) is 7.79. The topological polar surface area (TPSA) is 110 Å². The summed E-state index contributed by atoms with van der Waals surface area (Å²) in [7, 11) is 1.50. The van der Waals surface area contributed by atoms with Crippen molar-refractivity contribution in [3.8, 4) is 29.0 Å². The van der Waals surface area contributed by atoms with Crippen molar-refractivity contribution >= 4 is 17.5 Å². The predicted molar refractivity (Wildman–Crippen MR) is 116 cm³/mol. The Morgan fingerprint density at radius 1 is 1.38 bits per heavy atom. The fourth-order valence-electron chi connectivity index (χ4n) is 3.68. The number of likely N-dealkylation sites (tertiary alicyclic amines) is 1. The number of pyridine rings is 1. The number of nitrogens with two attached hydrogens (primary N) is 1. The van der Waals surface area contributed by atoms with Crippen LogP contribution >= 0.6 is 11.6 Å². The number of piperidine rings is 1. The molecular formula is C22H20ClFN6O2. The summed E-state index contributed by atoms with van der Waals surface area (Å²) in [6.45, 7) is 0.966. The van der Waals surface area contributed by atoms with Crippen LogP contribution < -0.4 is 10.5 Å². The number of methoxy groups -OCH3 is 1. The van der Waals surface area contributed by atoms with E-state index in [9.17, 15) is 9.18 Å². The van der Waals surface area contributed by atoms with Crippen LogP contribution in [0.2, 0.25) is 5.15 Å². The van der Waals surface area contributed by atoms with Crippen molar-refractivity contribution in [2.45, 2.75) is 18.9 Å². The average molecular weight is 455 g/mol. The quantitative estimate of drug-likeness (QED) is 0.648. The molecule has 1 aromatic carbocycles. The van der Waals surface area contributed by atoms with Gasteiger partial charge in [-0.25, -0.2) is 14.4 Å². The minimum absolute atomic E-state index is 0.0383. The summed E-state index contributed by atoms with van der Waals surface area (Å²) in [6, 6.07) is 9.13. The maximum absolute atomic E-state index is 14.4. The molecule has 0 unspecified atom stereocenters. The molecule has 0 saturated carbocycles. The van der Waals surface area contributed by atoms with E-state index in [1.165, 1.54) is 30.0 Å². The Bertz CT molecular complexity index is 1200. The SMILES string of the molecule is COc1ccc(-n2c(-c3ccc(C#N)c(F)c3)nc(C(=O)N3CCC[C@H](N)C3)c2Cl)cn1. The number of halogens is 2. The van der Waals surface area contributed by atoms with E-state index in [0.717, 1.165) is 12.8 Å². The molecule has 2 N–H and O–H groups in total. The van der Waals surface area contributed by atoms with Crippen LogP contribution in [-0.4, -0.2) is 51.6 Å². The molecule has 2 aromatic heterocycles. The van der Waals surface area contributed by atoms with Gasteiger partial charge in [0.15, 0.2) is 5.69 Å². The number of nitrogens with zero attached hydrogens (tertiary/aromatic N) is 5. The number of imidazole rings is 1. The summed E-state index contributed by atoms with van der Waals surface area (Å²) in [5.41, 5.74) is 6.84. The van der Waals surface area contributed by atoms with E-state index in [0.29, 0.717) is 30.2 Å². The first-order chi connectivity index (χ1) is 15.4. The van der Waals surface area contributed by atoms with E-state index in [2.05, 4.69) is 9.97 Å². The van der Waals surface area contributed by atoms with Crippen LogP contribution in [0.5, 0.6) is 5.88 Å². The number of nitriles is 1. The average Bonchev–Trinajstić information content (AvgIpc) is 3.15. The smallest absolute Gasteiger partial charge is 0.275 e. The fourth-order valence-corrected chi connectivity index (χ4v) is 3.98. The molecule has 0 bridgehead atoms. The van der Waals surface area contributed by atoms with E-state index < -0.39 is 5.82 Å². The van der Waals surface area contributed by atoms with Crippen LogP contribution in [0.3, 0.4) is 0 Å². The number of hydrogen-bond donors (Lipinski definition) is 1. The molecule has 1 aliphatic rings. The number of aromatic nitrogens is 3. The van der Waals surface area contributed by atoms with E-state index >= 15 is 0 Å². The molecule has 3 heterocycles. The van der Waals surface area contributed by atoms with Gasteiger partial charge in [0.1, 0.15) is 22.9 Å². The number of carbonyl (C=O) groups is 1. The molecule has 0 radical (unpaired) electrons. The largest absolute Gasteiger partial charge is 0.481 e. The molecule has 1 fully saturated rings. The van der Waals surface area contributed by atoms with Gasteiger partial charge >= 0.3 is 0 Å². The van der Waals surface area contributed by atoms with Crippen LogP contribution in [-0.2, 0) is 0 Å². The fraction of sp³-hybridized carbons (Fsp3) is 0.273. The third-order valence-electron chi connectivity index (χ3n) is 5.30. The van der Waals surface area contributed by atoms with Crippen LogP contribution in [0, 0.1) is 17.1 Å². The van der Waals surface area contributed by atoms with Gasteiger partial charge in [-0.3, -0.25) is 9.36 Å². The highest BCUT2D eigenvalue weighted by Crippen LogP contribution is 2.32. The molecule has 164 valence electrons. The van der Waals surface area contributed by atoms with Gasteiger partial charge in [0, 0.05) is 30.8 Å². The van der Waals surface area contributed by atoms with Gasteiger partial charge in [-0.15, -0.1) is 0 Å². The zero-order chi connectivity index (χ0) is 22.8. The Balaban J connectivity index is 1.85. The molecule has 10 heteroatoms. The monoisotopic (exact) mass is 454 g/mol. The summed E-state index contributed by atoms with van der Waals surface area (Å²) < 4.78 is 21.0. The van der Waals surface area contributed by atoms with Crippen LogP contribution in [0.4, 0.5) is 4.39 Å². The lowest BCUT2D eigenvalue weighted by Crippen LogP contribution is -2.45. The minimum atomic E-state index is -0.696. The van der Waals surface area contributed by atoms with Crippen molar-refractivity contribution < 1.29 is 13.9 Å². The number of rotatable bonds is 4. The van der Waals surface area contributed by atoms with Gasteiger partial charge in [-0.1, -0.05) is 11.6 Å². The normalized spacial score (nSPS) is 16.0. The molecule has 32 heavy (non-hydrogen) atoms. The Labute approximate surface area is 189 Å². The van der Waals surface area contributed by atoms with Gasteiger partial charge in [-0.2, -0.15) is 5.26 Å². The minimum Gasteiger partial charge on any atom is -0.481 e. The van der Waals surface area contributed by atoms with Crippen molar-refractivity contribution in [1.82, 2.24) is 19.4 Å². The number of carbonyl (C=O) groups excluding carboxylic acids is 1. The third-order valence-corrected chi connectivity index (χ3v) is 5.65. The molecule has 1 aliphatic heterocycles. The standard InChI is InChI=1S/C22H20ClFN6O2/c1-32-18-7-6-16(11-27-18)30-20(23)19(22(31)29-8-2-3-15(26)12-29)28-21(30)13-4-5-14(10-25)17(24)9-13/h4-7,9,11,15H,2-3,8,12,26H2,1H3/t15-/m0/s1. The Morgan fingerprint density at radius 3 is 2.81 bits per heavy atom. The summed E-state index contributed by atoms with van der Waals surface area (Å²) >= 11 is 6.65. The van der Waals surface area contributed by atoms with Crippen LogP contribution in [0.25, 0.3) is 17.1 Å². The van der Waals surface area contributed by atoms with Gasteiger partial charge in [0.25, 0.3) is 5.91 Å². The second-order valence-electron chi connectivity index (χ2n) is 7.43. The van der Waals surface area contributed by atoms with E-state index in [1.54, 1.807) is 29.2 Å². The highest BCUT2D eigenvalue weighted by atomic mass is 35.5. The first-order valence-electron chi connectivity index (χ1n) is 9.96. The van der Waals surface area contributed by atoms with Gasteiger partial charge in [-0.05, 0) is 37.1 Å². The summed E-state index contributed by atoms with van der Waals surface area (Å²) in [6.07, 6.45) is 3.15. The van der Waals surface area contributed by atoms with Crippen LogP contribution in [0.15, 0.2) is 36.5 Å². The Morgan fingerprint density at radius 2 is 2.19 bits per heavy atom. The number of ether oxygens (including phenoxy) is 1. The predicted octanol–water partition coefficient (Wildman–Crippen LogP) is 3.17. The Kier molecular flexibility index (Phi) is 6.08. The van der Waals surface area contributed by atoms with Gasteiger partial charge < -0.3 is 15.4 Å². The maximum Gasteiger partial charge on any atom is 0.275 e. The lowest BCUT2D eigenvalue weighted by atomic mass is 10.1. The van der Waals surface area contributed by atoms with E-state index in [4.69, 9.17) is 27.3 Å². The zero-order valence-electron chi connectivity index (χ0n) is 17.3. The number of hydrogen-bond acceptors (Lipinski definition) is 6. The third kappa shape index (κ3) is 4.02. The van der Waals surface area contributed by atoms with E-state index in [1.807, 2.05) is 0 Å². The van der Waals surface area contributed by atoms with Crippen molar-refractivity contribution in [1.29, 1.82) is 5.26 Å². The summed E-state index contributed by atoms with van der Waals surface area (Å²) in [5, 5.41) is 9.11. The highest BCUT2D eigenvalue weighted by molar-refractivity contribution is 6.33. The van der Waals surface area contributed by atoms with Crippen LogP contribution in [0.1, 0.15) is 28.9 Å². The molecule has 8 nitrogen and oxygen atoms in total. The molecule has 4 rings (SSSR count). The molecule has 1 saturated heterocycles. The second kappa shape index (κ2) is 8.94. The van der Waals surface area contributed by atoms with Crippen molar-refractivity contribution in [3.05, 3.63) is 58.8 Å². The van der Waals surface area contributed by atoms with Gasteiger partial charge in [0.05, 0.1) is 24.6 Å². The molecule has 1 amide bonds. The zero-order valence-corrected chi connectivity index (χ0v) is 18.0. The summed E-state index contributed by atoms with van der Waals surface area (Å²) in [5.74, 6) is -0.399. The van der Waals surface area contributed by atoms with E-state index in [-0.39, 0.29) is 34.2 Å². The maximum atomic E-state index is 14.4. The molecule has 1 atom stereocenters. The molecular weight excluding hydrogens is 435 g/mol. The lowest BCUT2D eigenvalue weighted by molar-refractivity contribution is 0.0703. The van der Waals surface area contributed by atoms with Crippen molar-refractivity contribution in [3.63, 3.8) is 0 Å². The van der Waals surface area contributed by atoms with Crippen molar-refractivity contribution in [2.75, 3.05) is 20.2 Å². The van der Waals surface area contributed by atoms with Crippen molar-refractivity contribution in [2.24, 2.45) is 5.73 Å². The highest BCUT2D eigenvalue weighted by Gasteiger charge is 2.29. The molecule has 0 aliphatic carbocycles. The van der Waals surface area contributed by atoms with Gasteiger partial charge in [0.2, 0.25) is 5.88 Å². The molecule has 3 aromatic rings. The summed E-state index contributed by atoms with van der Waals surface area (Å²) in [4.78, 5) is 23.5. The number of benzene rings is 1. The first-order valence-corrected chi connectivity index (χ1v) is 10.3. The lowest BCUT2D eigenvalue weighted by Gasteiger charge is -2.30. The first kappa shape index (κ1) is 21.7.